The predicted octanol–water partition coefficient (Wildman–Crippen LogP) is 1.82. The van der Waals surface area contributed by atoms with Crippen molar-refractivity contribution in [2.24, 2.45) is 0 Å². The van der Waals surface area contributed by atoms with Gasteiger partial charge in [-0.2, -0.15) is 0 Å². The average Bonchev–Trinajstić information content (AvgIpc) is 2.85. The van der Waals surface area contributed by atoms with Gasteiger partial charge in [0.1, 0.15) is 0 Å². The van der Waals surface area contributed by atoms with Crippen LogP contribution in [0.4, 0.5) is 0 Å². The van der Waals surface area contributed by atoms with E-state index in [9.17, 15) is 4.79 Å². The minimum atomic E-state index is -0.172. The zero-order valence-electron chi connectivity index (χ0n) is 10.6. The van der Waals surface area contributed by atoms with Gasteiger partial charge in [-0.1, -0.05) is 25.3 Å². The fraction of sp³-hybridized carbons (Fsp3) is 0.400. The fourth-order valence-electron chi connectivity index (χ4n) is 2.16. The van der Waals surface area contributed by atoms with Crippen LogP contribution in [-0.4, -0.2) is 11.9 Å². The van der Waals surface area contributed by atoms with E-state index < -0.39 is 0 Å². The standard InChI is InChI=1S/C15H18N2O/c1-3-5-14(4-2)17-15(18)11-6-7-12-9-16-10-13(12)8-11/h2,6-8,14,16H,3,5,9-10H2,1H3,(H,17,18). The van der Waals surface area contributed by atoms with E-state index >= 15 is 0 Å². The Hall–Kier alpha value is -1.79. The van der Waals surface area contributed by atoms with Gasteiger partial charge in [-0.15, -0.1) is 6.42 Å². The highest BCUT2D eigenvalue weighted by molar-refractivity contribution is 5.94. The first-order valence-corrected chi connectivity index (χ1v) is 6.34. The summed E-state index contributed by atoms with van der Waals surface area (Å²) in [4.78, 5) is 12.1. The number of nitrogens with one attached hydrogen (secondary N) is 2. The van der Waals surface area contributed by atoms with Crippen molar-refractivity contribution in [2.45, 2.75) is 38.9 Å². The van der Waals surface area contributed by atoms with Gasteiger partial charge in [-0.25, -0.2) is 0 Å². The van der Waals surface area contributed by atoms with Gasteiger partial charge in [0.2, 0.25) is 0 Å². The molecule has 1 aromatic rings. The molecule has 2 rings (SSSR count). The molecule has 2 N–H and O–H groups in total. The van der Waals surface area contributed by atoms with Crippen LogP contribution in [0.3, 0.4) is 0 Å². The Balaban J connectivity index is 2.07. The molecule has 1 aromatic carbocycles. The lowest BCUT2D eigenvalue weighted by atomic mass is 10.1. The van der Waals surface area contributed by atoms with Gasteiger partial charge >= 0.3 is 0 Å². The molecule has 0 saturated carbocycles. The van der Waals surface area contributed by atoms with E-state index in [0.29, 0.717) is 5.56 Å². The number of terminal acetylenes is 1. The Bertz CT molecular complexity index is 488. The molecule has 1 unspecified atom stereocenters. The summed E-state index contributed by atoms with van der Waals surface area (Å²) in [6.07, 6.45) is 7.18. The normalized spacial score (nSPS) is 14.7. The molecule has 0 aromatic heterocycles. The van der Waals surface area contributed by atoms with Gasteiger partial charge in [-0.3, -0.25) is 4.79 Å². The number of fused-ring (bicyclic) bond motifs is 1. The second-order valence-corrected chi connectivity index (χ2v) is 4.57. The molecule has 1 heterocycles. The van der Waals surface area contributed by atoms with Crippen LogP contribution in [0, 0.1) is 12.3 Å². The zero-order chi connectivity index (χ0) is 13.0. The highest BCUT2D eigenvalue weighted by atomic mass is 16.1. The van der Waals surface area contributed by atoms with E-state index in [1.807, 2.05) is 18.2 Å². The summed E-state index contributed by atoms with van der Waals surface area (Å²) in [6, 6.07) is 5.65. The molecule has 0 spiro atoms. The number of amides is 1. The fourth-order valence-corrected chi connectivity index (χ4v) is 2.16. The van der Waals surface area contributed by atoms with Crippen molar-refractivity contribution >= 4 is 5.91 Å². The van der Waals surface area contributed by atoms with E-state index in [0.717, 1.165) is 25.9 Å². The second-order valence-electron chi connectivity index (χ2n) is 4.57. The van der Waals surface area contributed by atoms with Crippen LogP contribution in [0.15, 0.2) is 18.2 Å². The van der Waals surface area contributed by atoms with E-state index in [1.54, 1.807) is 0 Å². The SMILES string of the molecule is C#CC(CCC)NC(=O)c1ccc2c(c1)CNC2. The summed E-state index contributed by atoms with van der Waals surface area (Å²) in [5, 5.41) is 6.14. The summed E-state index contributed by atoms with van der Waals surface area (Å²) in [7, 11) is 0. The van der Waals surface area contributed by atoms with Crippen LogP contribution < -0.4 is 10.6 Å². The summed E-state index contributed by atoms with van der Waals surface area (Å²) in [5.74, 6) is 2.53. The largest absolute Gasteiger partial charge is 0.338 e. The molecule has 1 aliphatic heterocycles. The topological polar surface area (TPSA) is 41.1 Å². The molecule has 3 heteroatoms. The third-order valence-corrected chi connectivity index (χ3v) is 3.18. The molecule has 18 heavy (non-hydrogen) atoms. The zero-order valence-corrected chi connectivity index (χ0v) is 10.6. The molecule has 1 atom stereocenters. The monoisotopic (exact) mass is 242 g/mol. The molecule has 3 nitrogen and oxygen atoms in total. The second kappa shape index (κ2) is 5.70. The summed E-state index contributed by atoms with van der Waals surface area (Å²) in [5.41, 5.74) is 3.16. The van der Waals surface area contributed by atoms with Gasteiger partial charge in [-0.05, 0) is 29.7 Å². The third kappa shape index (κ3) is 2.72. The lowest BCUT2D eigenvalue weighted by Crippen LogP contribution is -2.33. The van der Waals surface area contributed by atoms with Crippen molar-refractivity contribution in [3.63, 3.8) is 0 Å². The average molecular weight is 242 g/mol. The van der Waals surface area contributed by atoms with Crippen LogP contribution in [0.25, 0.3) is 0 Å². The number of carbonyl (C=O) groups is 1. The Morgan fingerprint density at radius 1 is 1.50 bits per heavy atom. The number of rotatable bonds is 4. The molecule has 0 fully saturated rings. The highest BCUT2D eigenvalue weighted by Crippen LogP contribution is 2.17. The molecule has 0 aliphatic carbocycles. The smallest absolute Gasteiger partial charge is 0.252 e. The lowest BCUT2D eigenvalue weighted by Gasteiger charge is -2.12. The molecular formula is C15H18N2O. The minimum Gasteiger partial charge on any atom is -0.338 e. The minimum absolute atomic E-state index is 0.0823. The molecule has 1 amide bonds. The van der Waals surface area contributed by atoms with E-state index in [-0.39, 0.29) is 11.9 Å². The summed E-state index contributed by atoms with van der Waals surface area (Å²) in [6.45, 7) is 3.78. The first kappa shape index (κ1) is 12.7. The number of benzene rings is 1. The van der Waals surface area contributed by atoms with Crippen LogP contribution in [0.5, 0.6) is 0 Å². The van der Waals surface area contributed by atoms with Gasteiger partial charge in [0.05, 0.1) is 6.04 Å². The highest BCUT2D eigenvalue weighted by Gasteiger charge is 2.15. The molecule has 0 bridgehead atoms. The Labute approximate surface area is 108 Å². The summed E-state index contributed by atoms with van der Waals surface area (Å²) >= 11 is 0. The first-order chi connectivity index (χ1) is 8.74. The van der Waals surface area contributed by atoms with Crippen LogP contribution in [0.2, 0.25) is 0 Å². The maximum absolute atomic E-state index is 12.1. The van der Waals surface area contributed by atoms with Crippen molar-refractivity contribution in [3.8, 4) is 12.3 Å². The Kier molecular flexibility index (Phi) is 4.01. The van der Waals surface area contributed by atoms with Crippen molar-refractivity contribution in [3.05, 3.63) is 34.9 Å². The third-order valence-electron chi connectivity index (χ3n) is 3.18. The van der Waals surface area contributed by atoms with Gasteiger partial charge < -0.3 is 10.6 Å². The Morgan fingerprint density at radius 3 is 3.00 bits per heavy atom. The predicted molar refractivity (Wildman–Crippen MR) is 72.0 cm³/mol. The van der Waals surface area contributed by atoms with Crippen molar-refractivity contribution in [1.29, 1.82) is 0 Å². The number of carbonyl (C=O) groups excluding carboxylic acids is 1. The van der Waals surface area contributed by atoms with Gasteiger partial charge in [0.25, 0.3) is 5.91 Å². The van der Waals surface area contributed by atoms with Crippen molar-refractivity contribution in [2.75, 3.05) is 0 Å². The van der Waals surface area contributed by atoms with Gasteiger partial charge in [0, 0.05) is 18.7 Å². The maximum Gasteiger partial charge on any atom is 0.252 e. The van der Waals surface area contributed by atoms with Crippen LogP contribution >= 0.6 is 0 Å². The van der Waals surface area contributed by atoms with E-state index in [1.165, 1.54) is 11.1 Å². The van der Waals surface area contributed by atoms with Crippen LogP contribution in [-0.2, 0) is 13.1 Å². The maximum atomic E-state index is 12.1. The summed E-state index contributed by atoms with van der Waals surface area (Å²) < 4.78 is 0. The molecule has 0 radical (unpaired) electrons. The molecule has 0 saturated heterocycles. The molecular weight excluding hydrogens is 224 g/mol. The molecule has 1 aliphatic rings. The van der Waals surface area contributed by atoms with Gasteiger partial charge in [0.15, 0.2) is 0 Å². The Morgan fingerprint density at radius 2 is 2.28 bits per heavy atom. The quantitative estimate of drug-likeness (QED) is 0.791. The first-order valence-electron chi connectivity index (χ1n) is 6.34. The lowest BCUT2D eigenvalue weighted by molar-refractivity contribution is 0.0944. The van der Waals surface area contributed by atoms with Crippen LogP contribution in [0.1, 0.15) is 41.3 Å². The number of hydrogen-bond acceptors (Lipinski definition) is 2. The van der Waals surface area contributed by atoms with Crippen molar-refractivity contribution in [1.82, 2.24) is 10.6 Å². The molecule has 94 valence electrons. The van der Waals surface area contributed by atoms with E-state index in [4.69, 9.17) is 6.42 Å². The number of hydrogen-bond donors (Lipinski definition) is 2. The van der Waals surface area contributed by atoms with Crippen molar-refractivity contribution < 1.29 is 4.79 Å². The van der Waals surface area contributed by atoms with E-state index in [2.05, 4.69) is 23.5 Å².